The Kier molecular flexibility index (Phi) is 5.15. The minimum Gasteiger partial charge on any atom is -0.322 e. The first-order valence-electron chi connectivity index (χ1n) is 11.3. The molecule has 1 saturated heterocycles. The van der Waals surface area contributed by atoms with E-state index in [0.29, 0.717) is 6.04 Å². The second kappa shape index (κ2) is 7.95. The Morgan fingerprint density at radius 2 is 1.80 bits per heavy atom. The van der Waals surface area contributed by atoms with Gasteiger partial charge in [-0.15, -0.1) is 5.10 Å². The van der Waals surface area contributed by atoms with E-state index in [0.717, 1.165) is 66.6 Å². The summed E-state index contributed by atoms with van der Waals surface area (Å²) in [6, 6.07) is 6.41. The highest BCUT2D eigenvalue weighted by Gasteiger charge is 2.34. The lowest BCUT2D eigenvalue weighted by Crippen LogP contribution is -2.34. The number of likely N-dealkylation sites (tertiary alicyclic amines) is 1. The van der Waals surface area contributed by atoms with E-state index >= 15 is 0 Å². The van der Waals surface area contributed by atoms with E-state index in [1.165, 1.54) is 24.8 Å². The molecule has 0 radical (unpaired) electrons. The van der Waals surface area contributed by atoms with Gasteiger partial charge in [-0.25, -0.2) is 4.68 Å². The maximum atomic E-state index is 13.3. The van der Waals surface area contributed by atoms with Crippen LogP contribution >= 0.6 is 0 Å². The lowest BCUT2D eigenvalue weighted by atomic mass is 9.95. The van der Waals surface area contributed by atoms with Gasteiger partial charge in [-0.05, 0) is 86.3 Å². The quantitative estimate of drug-likeness (QED) is 0.712. The van der Waals surface area contributed by atoms with Gasteiger partial charge in [0.2, 0.25) is 0 Å². The van der Waals surface area contributed by atoms with Crippen molar-refractivity contribution >= 4 is 10.9 Å². The van der Waals surface area contributed by atoms with Crippen LogP contribution in [0.5, 0.6) is 0 Å². The molecule has 3 aromatic rings. The van der Waals surface area contributed by atoms with Crippen LogP contribution in [0, 0.1) is 13.8 Å². The third-order valence-electron chi connectivity index (χ3n) is 6.83. The third kappa shape index (κ3) is 3.45. The second-order valence-electron chi connectivity index (χ2n) is 9.02. The largest absolute Gasteiger partial charge is 0.322 e. The van der Waals surface area contributed by atoms with Gasteiger partial charge < -0.3 is 4.98 Å². The molecule has 3 heterocycles. The summed E-state index contributed by atoms with van der Waals surface area (Å²) < 4.78 is 2.02. The first-order chi connectivity index (χ1) is 14.6. The fourth-order valence-electron chi connectivity index (χ4n) is 5.36. The molecule has 2 aromatic heterocycles. The van der Waals surface area contributed by atoms with Crippen molar-refractivity contribution in [3.8, 4) is 0 Å². The summed E-state index contributed by atoms with van der Waals surface area (Å²) in [6.07, 6.45) is 8.22. The second-order valence-corrected chi connectivity index (χ2v) is 9.02. The number of nitrogens with one attached hydrogen (secondary N) is 1. The number of hydrogen-bond acceptors (Lipinski definition) is 5. The molecule has 1 unspecified atom stereocenters. The van der Waals surface area contributed by atoms with E-state index < -0.39 is 0 Å². The van der Waals surface area contributed by atoms with Crippen LogP contribution in [0.4, 0.5) is 0 Å². The first-order valence-corrected chi connectivity index (χ1v) is 11.3. The van der Waals surface area contributed by atoms with Gasteiger partial charge in [-0.1, -0.05) is 25.3 Å². The average molecular weight is 407 g/mol. The van der Waals surface area contributed by atoms with E-state index in [4.69, 9.17) is 0 Å². The highest BCUT2D eigenvalue weighted by atomic mass is 16.1. The summed E-state index contributed by atoms with van der Waals surface area (Å²) in [5.74, 6) is 0.818. The topological polar surface area (TPSA) is 79.7 Å². The molecule has 5 rings (SSSR count). The zero-order chi connectivity index (χ0) is 20.7. The third-order valence-corrected chi connectivity index (χ3v) is 6.83. The van der Waals surface area contributed by atoms with Crippen molar-refractivity contribution in [1.82, 2.24) is 30.1 Å². The van der Waals surface area contributed by atoms with E-state index in [1.807, 2.05) is 10.7 Å². The van der Waals surface area contributed by atoms with Crippen LogP contribution in [-0.4, -0.2) is 43.2 Å². The minimum atomic E-state index is -0.210. The van der Waals surface area contributed by atoms with Crippen LogP contribution in [-0.2, 0) is 0 Å². The van der Waals surface area contributed by atoms with E-state index in [9.17, 15) is 4.79 Å². The van der Waals surface area contributed by atoms with Gasteiger partial charge in [-0.2, -0.15) is 0 Å². The van der Waals surface area contributed by atoms with Crippen LogP contribution in [0.25, 0.3) is 10.9 Å². The number of aryl methyl sites for hydroxylation is 2. The van der Waals surface area contributed by atoms with Crippen LogP contribution in [0.1, 0.15) is 79.5 Å². The highest BCUT2D eigenvalue weighted by molar-refractivity contribution is 5.83. The molecule has 0 spiro atoms. The highest BCUT2D eigenvalue weighted by Crippen LogP contribution is 2.34. The molecule has 1 aliphatic heterocycles. The molecule has 7 nitrogen and oxygen atoms in total. The molecule has 2 fully saturated rings. The number of aromatic nitrogens is 5. The van der Waals surface area contributed by atoms with Crippen molar-refractivity contribution in [2.45, 2.75) is 70.9 Å². The maximum Gasteiger partial charge on any atom is 0.253 e. The number of hydrogen-bond donors (Lipinski definition) is 1. The Hall–Kier alpha value is -2.54. The number of benzene rings is 1. The number of nitrogens with zero attached hydrogens (tertiary/aromatic N) is 5. The van der Waals surface area contributed by atoms with Gasteiger partial charge >= 0.3 is 0 Å². The Labute approximate surface area is 176 Å². The summed E-state index contributed by atoms with van der Waals surface area (Å²) in [5, 5.41) is 14.0. The Morgan fingerprint density at radius 1 is 1.03 bits per heavy atom. The predicted molar refractivity (Wildman–Crippen MR) is 117 cm³/mol. The van der Waals surface area contributed by atoms with E-state index in [2.05, 4.69) is 51.4 Å². The van der Waals surface area contributed by atoms with Gasteiger partial charge in [0.05, 0.1) is 6.04 Å². The van der Waals surface area contributed by atoms with Crippen LogP contribution in [0.3, 0.4) is 0 Å². The number of tetrazole rings is 1. The van der Waals surface area contributed by atoms with Crippen molar-refractivity contribution in [1.29, 1.82) is 0 Å². The lowest BCUT2D eigenvalue weighted by molar-refractivity contribution is 0.243. The number of aromatic amines is 1. The molecule has 1 atom stereocenters. The molecule has 0 amide bonds. The molecule has 1 aromatic carbocycles. The molecule has 158 valence electrons. The number of H-pyrrole nitrogens is 1. The van der Waals surface area contributed by atoms with Crippen LogP contribution < -0.4 is 5.56 Å². The van der Waals surface area contributed by atoms with Gasteiger partial charge in [0, 0.05) is 16.5 Å². The first kappa shape index (κ1) is 19.4. The molecule has 0 bridgehead atoms. The van der Waals surface area contributed by atoms with Gasteiger partial charge in [0.1, 0.15) is 6.04 Å². The molecular formula is C23H30N6O. The zero-order valence-electron chi connectivity index (χ0n) is 17.9. The normalized spacial score (nSPS) is 19.5. The van der Waals surface area contributed by atoms with Crippen molar-refractivity contribution in [3.05, 3.63) is 51.1 Å². The molecule has 1 N–H and O–H groups in total. The Balaban J connectivity index is 1.66. The maximum absolute atomic E-state index is 13.3. The van der Waals surface area contributed by atoms with Crippen LogP contribution in [0.2, 0.25) is 0 Å². The monoisotopic (exact) mass is 406 g/mol. The van der Waals surface area contributed by atoms with Crippen molar-refractivity contribution in [3.63, 3.8) is 0 Å². The molecule has 1 aliphatic carbocycles. The number of fused-ring (bicyclic) bond motifs is 1. The average Bonchev–Trinajstić information content (AvgIpc) is 3.42. The van der Waals surface area contributed by atoms with Gasteiger partial charge in [0.25, 0.3) is 5.56 Å². The van der Waals surface area contributed by atoms with Gasteiger partial charge in [-0.3, -0.25) is 9.69 Å². The van der Waals surface area contributed by atoms with Gasteiger partial charge in [0.15, 0.2) is 5.82 Å². The SMILES string of the molecule is Cc1cc(C)c2cc(C(c3nnnn3C3CCCCC3)N3CCCC3)c(=O)[nH]c2c1. The fourth-order valence-corrected chi connectivity index (χ4v) is 5.36. The molecule has 1 saturated carbocycles. The summed E-state index contributed by atoms with van der Waals surface area (Å²) >= 11 is 0. The number of rotatable bonds is 4. The molecule has 2 aliphatic rings. The summed E-state index contributed by atoms with van der Waals surface area (Å²) in [5.41, 5.74) is 3.94. The van der Waals surface area contributed by atoms with Crippen LogP contribution in [0.15, 0.2) is 23.0 Å². The minimum absolute atomic E-state index is 0.0393. The lowest BCUT2D eigenvalue weighted by Gasteiger charge is -2.29. The smallest absolute Gasteiger partial charge is 0.253 e. The summed E-state index contributed by atoms with van der Waals surface area (Å²) in [6.45, 7) is 6.09. The molecular weight excluding hydrogens is 376 g/mol. The van der Waals surface area contributed by atoms with Crippen molar-refractivity contribution in [2.75, 3.05) is 13.1 Å². The molecule has 7 heteroatoms. The predicted octanol–water partition coefficient (Wildman–Crippen LogP) is 3.82. The Bertz CT molecular complexity index is 1100. The standard InChI is InChI=1S/C23H30N6O/c1-15-12-16(2)18-14-19(23(30)24-20(18)13-15)21(28-10-6-7-11-28)22-25-26-27-29(22)17-8-4-3-5-9-17/h12-14,17,21H,3-11H2,1-2H3,(H,24,30). The van der Waals surface area contributed by atoms with E-state index in [-0.39, 0.29) is 11.6 Å². The summed E-state index contributed by atoms with van der Waals surface area (Å²) in [4.78, 5) is 18.8. The summed E-state index contributed by atoms with van der Waals surface area (Å²) in [7, 11) is 0. The zero-order valence-corrected chi connectivity index (χ0v) is 17.9. The Morgan fingerprint density at radius 3 is 2.57 bits per heavy atom. The number of pyridine rings is 1. The van der Waals surface area contributed by atoms with Crippen molar-refractivity contribution in [2.24, 2.45) is 0 Å². The fraction of sp³-hybridized carbons (Fsp3) is 0.565. The van der Waals surface area contributed by atoms with Crippen molar-refractivity contribution < 1.29 is 0 Å². The van der Waals surface area contributed by atoms with E-state index in [1.54, 1.807) is 0 Å². The molecule has 30 heavy (non-hydrogen) atoms.